The van der Waals surface area contributed by atoms with Gasteiger partial charge < -0.3 is 19.1 Å². The Morgan fingerprint density at radius 1 is 0.903 bits per heavy atom. The van der Waals surface area contributed by atoms with Crippen molar-refractivity contribution in [3.05, 3.63) is 47.0 Å². The molecule has 0 aromatic heterocycles. The zero-order valence-corrected chi connectivity index (χ0v) is 18.1. The number of carbonyl (C=O) groups is 2. The number of hydrogen-bond donors (Lipinski definition) is 1. The summed E-state index contributed by atoms with van der Waals surface area (Å²) in [5.74, 6) is 1.08. The molecule has 8 nitrogen and oxygen atoms in total. The van der Waals surface area contributed by atoms with Gasteiger partial charge in [0.15, 0.2) is 11.5 Å². The van der Waals surface area contributed by atoms with Crippen molar-refractivity contribution in [2.24, 2.45) is 0 Å². The number of benzene rings is 2. The molecule has 2 aliphatic rings. The minimum absolute atomic E-state index is 0.346. The molecule has 0 atom stereocenters. The van der Waals surface area contributed by atoms with Gasteiger partial charge in [-0.2, -0.15) is 0 Å². The van der Waals surface area contributed by atoms with Crippen molar-refractivity contribution in [3.8, 4) is 17.2 Å². The molecule has 0 aliphatic carbocycles. The van der Waals surface area contributed by atoms with Gasteiger partial charge in [0.1, 0.15) is 5.75 Å². The monoisotopic (exact) mass is 425 g/mol. The summed E-state index contributed by atoms with van der Waals surface area (Å²) in [6, 6.07) is 9.62. The van der Waals surface area contributed by atoms with Gasteiger partial charge >= 0.3 is 0 Å². The van der Waals surface area contributed by atoms with E-state index in [0.717, 1.165) is 44.2 Å². The third-order valence-corrected chi connectivity index (χ3v) is 5.94. The largest absolute Gasteiger partial charge is 0.495 e. The van der Waals surface area contributed by atoms with Crippen LogP contribution in [-0.4, -0.2) is 70.8 Å². The van der Waals surface area contributed by atoms with E-state index in [1.165, 1.54) is 7.11 Å². The molecule has 2 aromatic rings. The van der Waals surface area contributed by atoms with Crippen LogP contribution in [0, 0.1) is 0 Å². The van der Waals surface area contributed by atoms with Crippen LogP contribution in [0.15, 0.2) is 30.3 Å². The Kier molecular flexibility index (Phi) is 5.99. The van der Waals surface area contributed by atoms with E-state index in [-0.39, 0.29) is 5.91 Å². The lowest BCUT2D eigenvalue weighted by Gasteiger charge is -2.36. The van der Waals surface area contributed by atoms with Gasteiger partial charge in [-0.1, -0.05) is 12.1 Å². The molecule has 1 saturated heterocycles. The smallest absolute Gasteiger partial charge is 0.259 e. The van der Waals surface area contributed by atoms with Gasteiger partial charge in [0.05, 0.1) is 38.1 Å². The topological polar surface area (TPSA) is 80.3 Å². The molecule has 0 bridgehead atoms. The minimum atomic E-state index is -0.396. The first-order valence-corrected chi connectivity index (χ1v) is 10.3. The standard InChI is InChI=1S/C23H27N3O5/c1-29-18-7-5-4-6-17(18)26-12-10-25(11-13-26)9-8-15-20-16(22(27)24-23(20)28)14-19(30-2)21(15)31-3/h4-7,14H,8-13H2,1-3H3,(H,24,27,28). The molecule has 0 saturated carbocycles. The van der Waals surface area contributed by atoms with Crippen LogP contribution in [-0.2, 0) is 6.42 Å². The van der Waals surface area contributed by atoms with Gasteiger partial charge in [-0.05, 0) is 24.6 Å². The number of rotatable bonds is 7. The second-order valence-corrected chi connectivity index (χ2v) is 7.55. The molecular weight excluding hydrogens is 398 g/mol. The molecule has 164 valence electrons. The van der Waals surface area contributed by atoms with Crippen LogP contribution in [0.25, 0.3) is 0 Å². The van der Waals surface area contributed by atoms with Crippen LogP contribution in [0.2, 0.25) is 0 Å². The predicted octanol–water partition coefficient (Wildman–Crippen LogP) is 1.96. The lowest BCUT2D eigenvalue weighted by molar-refractivity contribution is 0.0879. The van der Waals surface area contributed by atoms with E-state index in [1.807, 2.05) is 18.2 Å². The molecule has 8 heteroatoms. The second-order valence-electron chi connectivity index (χ2n) is 7.55. The Morgan fingerprint density at radius 3 is 2.29 bits per heavy atom. The van der Waals surface area contributed by atoms with Gasteiger partial charge in [0.25, 0.3) is 11.8 Å². The number of imide groups is 1. The van der Waals surface area contributed by atoms with E-state index in [4.69, 9.17) is 14.2 Å². The summed E-state index contributed by atoms with van der Waals surface area (Å²) in [6.07, 6.45) is 0.581. The fourth-order valence-corrected chi connectivity index (χ4v) is 4.35. The van der Waals surface area contributed by atoms with Crippen LogP contribution in [0.3, 0.4) is 0 Å². The Morgan fingerprint density at radius 2 is 1.61 bits per heavy atom. The molecule has 0 unspecified atom stereocenters. The molecule has 2 amide bonds. The summed E-state index contributed by atoms with van der Waals surface area (Å²) < 4.78 is 16.5. The molecule has 2 heterocycles. The highest BCUT2D eigenvalue weighted by atomic mass is 16.5. The number of fused-ring (bicyclic) bond motifs is 1. The van der Waals surface area contributed by atoms with Crippen LogP contribution in [0.4, 0.5) is 5.69 Å². The highest BCUT2D eigenvalue weighted by Gasteiger charge is 2.33. The highest BCUT2D eigenvalue weighted by molar-refractivity contribution is 6.22. The molecule has 2 aromatic carbocycles. The Hall–Kier alpha value is -3.26. The summed E-state index contributed by atoms with van der Waals surface area (Å²) in [6.45, 7) is 4.28. The number of ether oxygens (including phenoxy) is 3. The summed E-state index contributed by atoms with van der Waals surface area (Å²) >= 11 is 0. The molecule has 2 aliphatic heterocycles. The summed E-state index contributed by atoms with van der Waals surface area (Å²) in [4.78, 5) is 29.3. The first-order chi connectivity index (χ1) is 15.1. The Balaban J connectivity index is 1.48. The van der Waals surface area contributed by atoms with Gasteiger partial charge in [0.2, 0.25) is 0 Å². The van der Waals surface area contributed by atoms with Gasteiger partial charge in [0, 0.05) is 38.3 Å². The number of methoxy groups -OCH3 is 3. The number of nitrogens with one attached hydrogen (secondary N) is 1. The molecule has 0 spiro atoms. The molecule has 0 radical (unpaired) electrons. The van der Waals surface area contributed by atoms with Crippen LogP contribution < -0.4 is 24.4 Å². The number of para-hydroxylation sites is 2. The van der Waals surface area contributed by atoms with E-state index in [1.54, 1.807) is 20.3 Å². The second kappa shape index (κ2) is 8.85. The molecule has 31 heavy (non-hydrogen) atoms. The number of nitrogens with zero attached hydrogens (tertiary/aromatic N) is 2. The van der Waals surface area contributed by atoms with Crippen molar-refractivity contribution < 1.29 is 23.8 Å². The Bertz CT molecular complexity index is 999. The summed E-state index contributed by atoms with van der Waals surface area (Å²) in [5, 5.41) is 2.38. The fraction of sp³-hybridized carbons (Fsp3) is 0.391. The average molecular weight is 425 g/mol. The minimum Gasteiger partial charge on any atom is -0.495 e. The molecule has 1 fully saturated rings. The maximum absolute atomic E-state index is 12.4. The molecular formula is C23H27N3O5. The van der Waals surface area contributed by atoms with E-state index in [9.17, 15) is 9.59 Å². The predicted molar refractivity (Wildman–Crippen MR) is 117 cm³/mol. The van der Waals surface area contributed by atoms with E-state index >= 15 is 0 Å². The highest BCUT2D eigenvalue weighted by Crippen LogP contribution is 2.38. The first-order valence-electron chi connectivity index (χ1n) is 10.3. The SMILES string of the molecule is COc1ccccc1N1CCN(CCc2c(OC)c(OC)cc3c2C(=O)NC3=O)CC1. The van der Waals surface area contributed by atoms with Crippen molar-refractivity contribution in [3.63, 3.8) is 0 Å². The van der Waals surface area contributed by atoms with Gasteiger partial charge in [-0.25, -0.2) is 0 Å². The lowest BCUT2D eigenvalue weighted by atomic mass is 9.97. The maximum atomic E-state index is 12.4. The number of carbonyl (C=O) groups excluding carboxylic acids is 2. The van der Waals surface area contributed by atoms with Crippen molar-refractivity contribution in [2.75, 3.05) is 59.0 Å². The van der Waals surface area contributed by atoms with Crippen molar-refractivity contribution >= 4 is 17.5 Å². The number of piperazine rings is 1. The van der Waals surface area contributed by atoms with E-state index in [0.29, 0.717) is 34.6 Å². The first kappa shape index (κ1) is 21.0. The molecule has 1 N–H and O–H groups in total. The molecule has 4 rings (SSSR count). The number of anilines is 1. The van der Waals surface area contributed by atoms with Crippen molar-refractivity contribution in [1.29, 1.82) is 0 Å². The van der Waals surface area contributed by atoms with Crippen molar-refractivity contribution in [1.82, 2.24) is 10.2 Å². The quantitative estimate of drug-likeness (QED) is 0.680. The maximum Gasteiger partial charge on any atom is 0.259 e. The van der Waals surface area contributed by atoms with Crippen LogP contribution in [0.1, 0.15) is 26.3 Å². The zero-order chi connectivity index (χ0) is 22.0. The van der Waals surface area contributed by atoms with E-state index in [2.05, 4.69) is 21.2 Å². The van der Waals surface area contributed by atoms with Gasteiger partial charge in [-0.15, -0.1) is 0 Å². The fourth-order valence-electron chi connectivity index (χ4n) is 4.35. The van der Waals surface area contributed by atoms with Crippen LogP contribution in [0.5, 0.6) is 17.2 Å². The lowest BCUT2D eigenvalue weighted by Crippen LogP contribution is -2.47. The van der Waals surface area contributed by atoms with Gasteiger partial charge in [-0.3, -0.25) is 19.8 Å². The normalized spacial score (nSPS) is 16.2. The average Bonchev–Trinajstić information content (AvgIpc) is 3.10. The number of hydrogen-bond acceptors (Lipinski definition) is 7. The Labute approximate surface area is 181 Å². The van der Waals surface area contributed by atoms with Crippen LogP contribution >= 0.6 is 0 Å². The zero-order valence-electron chi connectivity index (χ0n) is 18.1. The number of amides is 2. The third-order valence-electron chi connectivity index (χ3n) is 5.94. The summed E-state index contributed by atoms with van der Waals surface area (Å²) in [5.41, 5.74) is 2.56. The third kappa shape index (κ3) is 3.90. The summed E-state index contributed by atoms with van der Waals surface area (Å²) in [7, 11) is 4.77. The van der Waals surface area contributed by atoms with Crippen molar-refractivity contribution in [2.45, 2.75) is 6.42 Å². The van der Waals surface area contributed by atoms with E-state index < -0.39 is 5.91 Å².